The molecule has 2 saturated carbocycles. The van der Waals surface area contributed by atoms with Crippen molar-refractivity contribution < 1.29 is 14.3 Å². The van der Waals surface area contributed by atoms with Gasteiger partial charge in [0.2, 0.25) is 5.91 Å². The summed E-state index contributed by atoms with van der Waals surface area (Å²) in [4.78, 5) is 25.8. The fourth-order valence-electron chi connectivity index (χ4n) is 4.43. The lowest BCUT2D eigenvalue weighted by atomic mass is 9.67. The summed E-state index contributed by atoms with van der Waals surface area (Å²) in [5.41, 5.74) is 3.79. The van der Waals surface area contributed by atoms with Crippen molar-refractivity contribution in [3.8, 4) is 0 Å². The lowest BCUT2D eigenvalue weighted by molar-refractivity contribution is -0.143. The molecule has 25 heavy (non-hydrogen) atoms. The Morgan fingerprint density at radius 3 is 2.56 bits per heavy atom. The van der Waals surface area contributed by atoms with Crippen LogP contribution in [0.4, 0.5) is 4.79 Å². The highest BCUT2D eigenvalue weighted by Crippen LogP contribution is 2.44. The zero-order valence-electron chi connectivity index (χ0n) is 15.2. The number of nitrogens with one attached hydrogen (secondary N) is 1. The van der Waals surface area contributed by atoms with Crippen LogP contribution in [0.3, 0.4) is 0 Å². The minimum absolute atomic E-state index is 0.0210. The van der Waals surface area contributed by atoms with Gasteiger partial charge in [-0.1, -0.05) is 18.2 Å². The first-order valence-corrected chi connectivity index (χ1v) is 9.16. The van der Waals surface area contributed by atoms with Gasteiger partial charge in [0.25, 0.3) is 0 Å². The van der Waals surface area contributed by atoms with Crippen LogP contribution in [0.15, 0.2) is 18.2 Å². The van der Waals surface area contributed by atoms with E-state index >= 15 is 0 Å². The van der Waals surface area contributed by atoms with E-state index in [4.69, 9.17) is 4.74 Å². The molecule has 0 radical (unpaired) electrons. The normalized spacial score (nSPS) is 33.2. The first-order valence-electron chi connectivity index (χ1n) is 9.16. The fraction of sp³-hybridized carbons (Fsp3) is 0.600. The molecule has 1 spiro atoms. The van der Waals surface area contributed by atoms with E-state index < -0.39 is 0 Å². The number of alkyl carbamates (subject to hydrolysis) is 1. The Morgan fingerprint density at radius 2 is 1.96 bits per heavy atom. The second-order valence-electron chi connectivity index (χ2n) is 8.20. The van der Waals surface area contributed by atoms with Crippen LogP contribution in [0.25, 0.3) is 0 Å². The monoisotopic (exact) mass is 342 g/mol. The maximum Gasteiger partial charge on any atom is 0.407 e. The molecule has 0 atom stereocenters. The Kier molecular flexibility index (Phi) is 3.78. The Labute approximate surface area is 148 Å². The van der Waals surface area contributed by atoms with Crippen molar-refractivity contribution in [1.82, 2.24) is 10.2 Å². The molecule has 0 aromatic heterocycles. The van der Waals surface area contributed by atoms with Crippen LogP contribution >= 0.6 is 0 Å². The van der Waals surface area contributed by atoms with E-state index in [-0.39, 0.29) is 23.5 Å². The molecule has 1 aromatic carbocycles. The van der Waals surface area contributed by atoms with Gasteiger partial charge >= 0.3 is 6.09 Å². The van der Waals surface area contributed by atoms with E-state index in [0.717, 1.165) is 12.8 Å². The van der Waals surface area contributed by atoms with Crippen LogP contribution in [-0.2, 0) is 9.53 Å². The second-order valence-corrected chi connectivity index (χ2v) is 8.20. The quantitative estimate of drug-likeness (QED) is 0.919. The molecule has 4 rings (SSSR count). The van der Waals surface area contributed by atoms with Crippen LogP contribution in [0.5, 0.6) is 0 Å². The zero-order valence-corrected chi connectivity index (χ0v) is 15.2. The summed E-state index contributed by atoms with van der Waals surface area (Å²) < 4.78 is 4.99. The number of hydrogen-bond acceptors (Lipinski definition) is 3. The van der Waals surface area contributed by atoms with Crippen molar-refractivity contribution in [2.24, 2.45) is 5.92 Å². The van der Waals surface area contributed by atoms with Crippen LogP contribution in [0.1, 0.15) is 48.3 Å². The number of benzene rings is 1. The number of aryl methyl sites for hydroxylation is 2. The lowest BCUT2D eigenvalue weighted by Crippen LogP contribution is -2.59. The molecule has 2 aliphatic carbocycles. The Balaban J connectivity index is 1.30. The number of rotatable bonds is 3. The second kappa shape index (κ2) is 5.75. The van der Waals surface area contributed by atoms with Gasteiger partial charge in [-0.05, 0) is 62.1 Å². The largest absolute Gasteiger partial charge is 0.447 e. The van der Waals surface area contributed by atoms with Crippen molar-refractivity contribution >= 4 is 12.0 Å². The molecule has 3 fully saturated rings. The van der Waals surface area contributed by atoms with Crippen LogP contribution in [-0.4, -0.2) is 42.1 Å². The van der Waals surface area contributed by atoms with Gasteiger partial charge in [-0.25, -0.2) is 4.79 Å². The van der Waals surface area contributed by atoms with Gasteiger partial charge in [0.15, 0.2) is 0 Å². The van der Waals surface area contributed by atoms with Gasteiger partial charge in [-0.15, -0.1) is 0 Å². The molecule has 5 heteroatoms. The van der Waals surface area contributed by atoms with Gasteiger partial charge in [0.1, 0.15) is 6.61 Å². The number of carbonyl (C=O) groups is 2. The predicted octanol–water partition coefficient (Wildman–Crippen LogP) is 2.90. The zero-order chi connectivity index (χ0) is 17.8. The minimum atomic E-state index is -0.352. The lowest BCUT2D eigenvalue weighted by Gasteiger charge is -2.47. The molecule has 0 bridgehead atoms. The summed E-state index contributed by atoms with van der Waals surface area (Å²) in [6.45, 7) is 4.69. The molecule has 134 valence electrons. The Bertz CT molecular complexity index is 718. The topological polar surface area (TPSA) is 58.6 Å². The van der Waals surface area contributed by atoms with E-state index in [1.165, 1.54) is 16.7 Å². The third kappa shape index (κ3) is 2.79. The summed E-state index contributed by atoms with van der Waals surface area (Å²) in [6, 6.07) is 7.05. The van der Waals surface area contributed by atoms with E-state index in [0.29, 0.717) is 31.4 Å². The third-order valence-electron chi connectivity index (χ3n) is 6.48. The Morgan fingerprint density at radius 1 is 1.24 bits per heavy atom. The number of cyclic esters (lactones) is 1. The van der Waals surface area contributed by atoms with Crippen LogP contribution in [0, 0.1) is 19.8 Å². The van der Waals surface area contributed by atoms with Crippen molar-refractivity contribution in [3.05, 3.63) is 34.9 Å². The number of amides is 2. The molecule has 0 unspecified atom stereocenters. The molecular formula is C20H26N2O3. The van der Waals surface area contributed by atoms with Gasteiger partial charge in [0.05, 0.1) is 5.54 Å². The fourth-order valence-corrected chi connectivity index (χ4v) is 4.43. The molecular weight excluding hydrogens is 316 g/mol. The molecule has 2 amide bonds. The smallest absolute Gasteiger partial charge is 0.407 e. The third-order valence-corrected chi connectivity index (χ3v) is 6.48. The Hall–Kier alpha value is -2.04. The van der Waals surface area contributed by atoms with Crippen molar-refractivity contribution in [1.29, 1.82) is 0 Å². The maximum absolute atomic E-state index is 12.7. The number of nitrogens with zero attached hydrogens (tertiary/aromatic N) is 1. The summed E-state index contributed by atoms with van der Waals surface area (Å²) in [5, 5.41) is 2.85. The van der Waals surface area contributed by atoms with Crippen LogP contribution < -0.4 is 5.32 Å². The minimum Gasteiger partial charge on any atom is -0.447 e. The van der Waals surface area contributed by atoms with Crippen molar-refractivity contribution in [3.63, 3.8) is 0 Å². The summed E-state index contributed by atoms with van der Waals surface area (Å²) >= 11 is 0. The van der Waals surface area contributed by atoms with Gasteiger partial charge in [-0.3, -0.25) is 4.79 Å². The average Bonchev–Trinajstić information content (AvgIpc) is 2.89. The average molecular weight is 342 g/mol. The first-order chi connectivity index (χ1) is 11.9. The van der Waals surface area contributed by atoms with Gasteiger partial charge in [-0.2, -0.15) is 0 Å². The van der Waals surface area contributed by atoms with Gasteiger partial charge < -0.3 is 15.0 Å². The first kappa shape index (κ1) is 16.4. The van der Waals surface area contributed by atoms with Crippen molar-refractivity contribution in [2.75, 3.05) is 13.7 Å². The number of carbonyl (C=O) groups excluding carboxylic acids is 2. The maximum atomic E-state index is 12.7. The highest BCUT2D eigenvalue weighted by atomic mass is 16.6. The molecule has 1 aliphatic heterocycles. The van der Waals surface area contributed by atoms with E-state index in [9.17, 15) is 9.59 Å². The van der Waals surface area contributed by atoms with E-state index in [1.54, 1.807) is 0 Å². The molecule has 1 aromatic rings. The predicted molar refractivity (Wildman–Crippen MR) is 94.4 cm³/mol. The van der Waals surface area contributed by atoms with E-state index in [2.05, 4.69) is 37.4 Å². The van der Waals surface area contributed by atoms with Crippen LogP contribution in [0.2, 0.25) is 0 Å². The van der Waals surface area contributed by atoms with E-state index in [1.807, 2.05) is 11.9 Å². The molecule has 1 heterocycles. The number of hydrogen-bond donors (Lipinski definition) is 1. The molecule has 3 aliphatic rings. The molecule has 5 nitrogen and oxygen atoms in total. The summed E-state index contributed by atoms with van der Waals surface area (Å²) in [7, 11) is 1.93. The SMILES string of the molecule is Cc1ccc(C2CC(N(C)C(=O)C3CC4(COC(=O)N4)C3)C2)cc1C. The molecule has 1 saturated heterocycles. The van der Waals surface area contributed by atoms with Crippen molar-refractivity contribution in [2.45, 2.75) is 57.0 Å². The summed E-state index contributed by atoms with van der Waals surface area (Å²) in [6.07, 6.45) is 3.14. The summed E-state index contributed by atoms with van der Waals surface area (Å²) in [5.74, 6) is 0.804. The number of ether oxygens (including phenoxy) is 1. The molecule has 1 N–H and O–H groups in total. The van der Waals surface area contributed by atoms with Gasteiger partial charge in [0, 0.05) is 19.0 Å². The highest BCUT2D eigenvalue weighted by molar-refractivity contribution is 5.81. The standard InChI is InChI=1S/C20H26N2O3/c1-12-4-5-14(6-13(12)2)15-7-17(8-15)22(3)18(23)16-9-20(10-16)11-25-19(24)21-20/h4-6,15-17H,7-11H2,1-3H3,(H,21,24). The highest BCUT2D eigenvalue weighted by Gasteiger charge is 2.53.